The van der Waals surface area contributed by atoms with E-state index in [1.807, 2.05) is 0 Å². The molecule has 0 radical (unpaired) electrons. The van der Waals surface area contributed by atoms with Crippen LogP contribution in [0.25, 0.3) is 49.7 Å². The largest absolute Gasteiger partial charge is 0.310 e. The summed E-state index contributed by atoms with van der Waals surface area (Å²) in [6.45, 7) is 28.5. The van der Waals surface area contributed by atoms with E-state index in [2.05, 4.69) is 167 Å². The van der Waals surface area contributed by atoms with Crippen LogP contribution < -0.4 is 10.9 Å². The van der Waals surface area contributed by atoms with Gasteiger partial charge in [-0.15, -0.1) is 0 Å². The van der Waals surface area contributed by atoms with Gasteiger partial charge < -0.3 is 4.57 Å². The van der Waals surface area contributed by atoms with Crippen molar-refractivity contribution in [2.24, 2.45) is 0 Å². The van der Waals surface area contributed by atoms with E-state index in [0.29, 0.717) is 0 Å². The molecule has 0 amide bonds. The highest BCUT2D eigenvalue weighted by molar-refractivity contribution is 6.91. The van der Waals surface area contributed by atoms with Gasteiger partial charge in [-0.1, -0.05) is 138 Å². The minimum Gasteiger partial charge on any atom is -0.310 e. The number of nitrogens with zero attached hydrogens (tertiary/aromatic N) is 1. The van der Waals surface area contributed by atoms with Crippen LogP contribution in [0.15, 0.2) is 78.9 Å². The van der Waals surface area contributed by atoms with Gasteiger partial charge >= 0.3 is 0 Å². The standard InChI is InChI=1S/C47H50BN/c1-44(2,3)26-16-18-31-32(20-26)35-23-28(46(7,8)9)22-34-30-14-13-15-39-41(30)48(42(31)40(34)35)37-25-29(47(10,11)12)24-36-33-21-27(45(4,5)6)17-19-38(33)49(39)43(36)37/h13-25,42H,1-12H3. The van der Waals surface area contributed by atoms with Crippen LogP contribution in [-0.2, 0) is 21.7 Å². The molecule has 0 fully saturated rings. The summed E-state index contributed by atoms with van der Waals surface area (Å²) in [7, 11) is 0. The van der Waals surface area contributed by atoms with Gasteiger partial charge in [-0.25, -0.2) is 0 Å². The van der Waals surface area contributed by atoms with Crippen LogP contribution in [0.3, 0.4) is 0 Å². The molecule has 2 aliphatic heterocycles. The van der Waals surface area contributed by atoms with Crippen LogP contribution in [0.2, 0.25) is 0 Å². The predicted molar refractivity (Wildman–Crippen MR) is 213 cm³/mol. The molecule has 3 aliphatic rings. The SMILES string of the molecule is CC(C)(C)c1ccc2c(c1)-c1cc(C(C)(C)C)cc3c1C2B1c2c-3cccc2-n2c3ccc(C(C)(C)C)cc3c3cc(C(C)(C)C)cc1c32. The van der Waals surface area contributed by atoms with E-state index in [1.54, 1.807) is 0 Å². The fraction of sp³-hybridized carbons (Fsp3) is 0.362. The van der Waals surface area contributed by atoms with Crippen LogP contribution in [-0.4, -0.2) is 11.3 Å². The lowest BCUT2D eigenvalue weighted by Crippen LogP contribution is -2.54. The first-order valence-electron chi connectivity index (χ1n) is 18.4. The third-order valence-corrected chi connectivity index (χ3v) is 12.1. The summed E-state index contributed by atoms with van der Waals surface area (Å²) in [6.07, 6.45) is 0. The second-order valence-electron chi connectivity index (χ2n) is 19.5. The highest BCUT2D eigenvalue weighted by atomic mass is 15.0. The van der Waals surface area contributed by atoms with E-state index >= 15 is 0 Å². The maximum Gasteiger partial charge on any atom is 0.227 e. The monoisotopic (exact) mass is 639 g/mol. The number of hydrogen-bond acceptors (Lipinski definition) is 0. The molecule has 1 aromatic heterocycles. The minimum absolute atomic E-state index is 0.0229. The molecular formula is C47H50BN. The van der Waals surface area contributed by atoms with Crippen molar-refractivity contribution in [1.29, 1.82) is 0 Å². The molecule has 0 spiro atoms. The van der Waals surface area contributed by atoms with Crippen molar-refractivity contribution >= 4 is 39.4 Å². The minimum atomic E-state index is 0.0229. The second kappa shape index (κ2) is 9.39. The first-order chi connectivity index (χ1) is 22.8. The third kappa shape index (κ3) is 4.19. The van der Waals surface area contributed by atoms with E-state index in [9.17, 15) is 0 Å². The van der Waals surface area contributed by atoms with Crippen LogP contribution >= 0.6 is 0 Å². The zero-order valence-corrected chi connectivity index (χ0v) is 31.6. The Kier molecular flexibility index (Phi) is 5.94. The molecule has 49 heavy (non-hydrogen) atoms. The molecule has 1 aliphatic carbocycles. The molecule has 3 heterocycles. The van der Waals surface area contributed by atoms with Crippen LogP contribution in [0.5, 0.6) is 0 Å². The number of fused-ring (bicyclic) bond motifs is 10. The quantitative estimate of drug-likeness (QED) is 0.146. The number of benzene rings is 5. The average molecular weight is 640 g/mol. The maximum absolute atomic E-state index is 2.63. The summed E-state index contributed by atoms with van der Waals surface area (Å²) < 4.78 is 2.63. The molecule has 1 atom stereocenters. The third-order valence-electron chi connectivity index (χ3n) is 12.1. The summed E-state index contributed by atoms with van der Waals surface area (Å²) in [5, 5.41) is 2.77. The van der Waals surface area contributed by atoms with Gasteiger partial charge in [0.25, 0.3) is 0 Å². The summed E-state index contributed by atoms with van der Waals surface area (Å²) in [5.41, 5.74) is 21.7. The normalized spacial score (nSPS) is 16.3. The summed E-state index contributed by atoms with van der Waals surface area (Å²) in [4.78, 5) is 0. The molecule has 1 nitrogen and oxygen atoms in total. The molecule has 0 bridgehead atoms. The van der Waals surface area contributed by atoms with Crippen LogP contribution in [0, 0.1) is 0 Å². The fourth-order valence-corrected chi connectivity index (χ4v) is 9.27. The molecular weight excluding hydrogens is 589 g/mol. The Labute approximate surface area is 293 Å². The number of aromatic nitrogens is 1. The average Bonchev–Trinajstić information content (AvgIpc) is 3.52. The van der Waals surface area contributed by atoms with E-state index in [0.717, 1.165) is 0 Å². The lowest BCUT2D eigenvalue weighted by Gasteiger charge is -2.38. The van der Waals surface area contributed by atoms with Gasteiger partial charge in [0.2, 0.25) is 6.71 Å². The molecule has 9 rings (SSSR count). The highest BCUT2D eigenvalue weighted by Gasteiger charge is 2.49. The Morgan fingerprint density at radius 2 is 1.06 bits per heavy atom. The first-order valence-corrected chi connectivity index (χ1v) is 18.4. The van der Waals surface area contributed by atoms with Crippen molar-refractivity contribution in [3.8, 4) is 27.9 Å². The van der Waals surface area contributed by atoms with Gasteiger partial charge in [0, 0.05) is 22.0 Å². The Hall–Kier alpha value is -4.04. The van der Waals surface area contributed by atoms with Gasteiger partial charge in [0.1, 0.15) is 0 Å². The smallest absolute Gasteiger partial charge is 0.227 e. The fourth-order valence-electron chi connectivity index (χ4n) is 9.27. The molecule has 6 aromatic rings. The molecule has 5 aromatic carbocycles. The molecule has 246 valence electrons. The van der Waals surface area contributed by atoms with Gasteiger partial charge in [0.05, 0.1) is 5.52 Å². The topological polar surface area (TPSA) is 4.93 Å². The zero-order chi connectivity index (χ0) is 34.7. The zero-order valence-electron chi connectivity index (χ0n) is 31.6. The van der Waals surface area contributed by atoms with Crippen molar-refractivity contribution in [3.63, 3.8) is 0 Å². The molecule has 0 N–H and O–H groups in total. The highest BCUT2D eigenvalue weighted by Crippen LogP contribution is 2.55. The first kappa shape index (κ1) is 31.0. The van der Waals surface area contributed by atoms with E-state index < -0.39 is 0 Å². The van der Waals surface area contributed by atoms with Gasteiger partial charge in [0.15, 0.2) is 0 Å². The van der Waals surface area contributed by atoms with Gasteiger partial charge in [-0.05, 0) is 118 Å². The van der Waals surface area contributed by atoms with Crippen molar-refractivity contribution < 1.29 is 0 Å². The summed E-state index contributed by atoms with van der Waals surface area (Å²) >= 11 is 0. The lowest BCUT2D eigenvalue weighted by molar-refractivity contribution is 0.589. The number of rotatable bonds is 0. The molecule has 2 heteroatoms. The van der Waals surface area contributed by atoms with Crippen LogP contribution in [0.4, 0.5) is 0 Å². The van der Waals surface area contributed by atoms with E-state index in [-0.39, 0.29) is 34.2 Å². The van der Waals surface area contributed by atoms with Crippen molar-refractivity contribution in [2.75, 3.05) is 0 Å². The Morgan fingerprint density at radius 1 is 0.510 bits per heavy atom. The Balaban J connectivity index is 1.46. The molecule has 1 unspecified atom stereocenters. The Morgan fingerprint density at radius 3 is 1.71 bits per heavy atom. The molecule has 0 saturated heterocycles. The predicted octanol–water partition coefficient (Wildman–Crippen LogP) is 11.2. The van der Waals surface area contributed by atoms with Crippen molar-refractivity contribution in [1.82, 2.24) is 4.57 Å². The molecule has 0 saturated carbocycles. The van der Waals surface area contributed by atoms with Crippen molar-refractivity contribution in [3.05, 3.63) is 112 Å². The maximum atomic E-state index is 2.63. The van der Waals surface area contributed by atoms with Gasteiger partial charge in [-0.3, -0.25) is 0 Å². The van der Waals surface area contributed by atoms with Gasteiger partial charge in [-0.2, -0.15) is 0 Å². The second-order valence-corrected chi connectivity index (χ2v) is 19.5. The summed E-state index contributed by atoms with van der Waals surface area (Å²) in [5.74, 6) is 0.270. The van der Waals surface area contributed by atoms with Crippen LogP contribution in [0.1, 0.15) is 122 Å². The van der Waals surface area contributed by atoms with E-state index in [1.165, 1.54) is 94.1 Å². The Bertz CT molecular complexity index is 2420. The van der Waals surface area contributed by atoms with Crippen molar-refractivity contribution in [2.45, 2.75) is 111 Å². The van der Waals surface area contributed by atoms with E-state index in [4.69, 9.17) is 0 Å². The lowest BCUT2D eigenvalue weighted by atomic mass is 9.28. The number of hydrogen-bond donors (Lipinski definition) is 0. The summed E-state index contributed by atoms with van der Waals surface area (Å²) in [6, 6.07) is 32.1.